The lowest BCUT2D eigenvalue weighted by molar-refractivity contribution is 0.0525. The first-order valence-electron chi connectivity index (χ1n) is 6.71. The molecule has 5 nitrogen and oxygen atoms in total. The van der Waals surface area contributed by atoms with Crippen LogP contribution in [0.3, 0.4) is 0 Å². The minimum absolute atomic E-state index is 0.338. The van der Waals surface area contributed by atoms with Crippen LogP contribution in [0, 0.1) is 6.92 Å². The highest BCUT2D eigenvalue weighted by atomic mass is 79.9. The fourth-order valence-corrected chi connectivity index (χ4v) is 2.53. The maximum absolute atomic E-state index is 11.9. The second kappa shape index (κ2) is 6.76. The third-order valence-corrected chi connectivity index (χ3v) is 3.68. The number of carbonyl (C=O) groups excluding carboxylic acids is 1. The summed E-state index contributed by atoms with van der Waals surface area (Å²) in [5.74, 6) is -0.338. The number of carbonyl (C=O) groups is 1. The van der Waals surface area contributed by atoms with Crippen LogP contribution in [-0.2, 0) is 18.3 Å². The lowest BCUT2D eigenvalue weighted by Gasteiger charge is -2.11. The van der Waals surface area contributed by atoms with Crippen molar-refractivity contribution in [3.05, 3.63) is 45.7 Å². The zero-order valence-corrected chi connectivity index (χ0v) is 13.9. The molecule has 2 rings (SSSR count). The lowest BCUT2D eigenvalue weighted by Crippen LogP contribution is -2.12. The molecule has 0 aliphatic carbocycles. The molecule has 1 heterocycles. The van der Waals surface area contributed by atoms with Gasteiger partial charge in [-0.05, 0) is 37.6 Å². The van der Waals surface area contributed by atoms with Crippen LogP contribution in [0.5, 0.6) is 0 Å². The van der Waals surface area contributed by atoms with E-state index in [1.807, 2.05) is 32.2 Å². The molecule has 0 bridgehead atoms. The third kappa shape index (κ3) is 3.64. The van der Waals surface area contributed by atoms with Crippen molar-refractivity contribution < 1.29 is 9.53 Å². The molecule has 2 aromatic rings. The second-order valence-electron chi connectivity index (χ2n) is 4.66. The number of benzene rings is 1. The molecule has 0 aliphatic rings. The van der Waals surface area contributed by atoms with Crippen LogP contribution in [0.4, 0.5) is 5.69 Å². The predicted octanol–water partition coefficient (Wildman–Crippen LogP) is 3.28. The molecule has 0 saturated carbocycles. The molecule has 0 spiro atoms. The van der Waals surface area contributed by atoms with Crippen molar-refractivity contribution in [1.82, 2.24) is 9.78 Å². The Bertz CT molecular complexity index is 652. The largest absolute Gasteiger partial charge is 0.462 e. The zero-order chi connectivity index (χ0) is 15.4. The van der Waals surface area contributed by atoms with E-state index in [1.165, 1.54) is 0 Å². The van der Waals surface area contributed by atoms with Crippen LogP contribution in [0.15, 0.2) is 28.9 Å². The maximum atomic E-state index is 11.9. The molecular formula is C15H18BrN3O2. The van der Waals surface area contributed by atoms with Gasteiger partial charge in [-0.3, -0.25) is 4.68 Å². The van der Waals surface area contributed by atoms with Crippen molar-refractivity contribution in [3.63, 3.8) is 0 Å². The van der Waals surface area contributed by atoms with Crippen molar-refractivity contribution in [2.75, 3.05) is 11.9 Å². The predicted molar refractivity (Wildman–Crippen MR) is 85.4 cm³/mol. The molecule has 1 aromatic heterocycles. The van der Waals surface area contributed by atoms with Gasteiger partial charge in [0.2, 0.25) is 0 Å². The van der Waals surface area contributed by atoms with Crippen molar-refractivity contribution in [2.45, 2.75) is 20.4 Å². The van der Waals surface area contributed by atoms with Crippen LogP contribution >= 0.6 is 15.9 Å². The van der Waals surface area contributed by atoms with Gasteiger partial charge < -0.3 is 10.1 Å². The summed E-state index contributed by atoms with van der Waals surface area (Å²) in [4.78, 5) is 11.9. The van der Waals surface area contributed by atoms with Gasteiger partial charge in [-0.15, -0.1) is 0 Å². The number of esters is 1. The number of hydrogen-bond acceptors (Lipinski definition) is 4. The number of aromatic nitrogens is 2. The van der Waals surface area contributed by atoms with Gasteiger partial charge in [-0.1, -0.05) is 15.9 Å². The molecule has 0 aliphatic heterocycles. The molecule has 0 fully saturated rings. The Morgan fingerprint density at radius 3 is 2.90 bits per heavy atom. The molecule has 6 heteroatoms. The van der Waals surface area contributed by atoms with Crippen LogP contribution < -0.4 is 5.32 Å². The SMILES string of the molecule is CCOC(=O)c1cnn(C)c1CNc1ccc(Br)cc1C. The zero-order valence-electron chi connectivity index (χ0n) is 12.3. The average molecular weight is 352 g/mol. The summed E-state index contributed by atoms with van der Waals surface area (Å²) in [5.41, 5.74) is 3.45. The molecular weight excluding hydrogens is 334 g/mol. The number of hydrogen-bond donors (Lipinski definition) is 1. The van der Waals surface area contributed by atoms with Crippen molar-refractivity contribution >= 4 is 27.6 Å². The van der Waals surface area contributed by atoms with Crippen molar-refractivity contribution in [1.29, 1.82) is 0 Å². The summed E-state index contributed by atoms with van der Waals surface area (Å²) < 4.78 is 7.78. The Kier molecular flexibility index (Phi) is 5.01. The van der Waals surface area contributed by atoms with E-state index < -0.39 is 0 Å². The number of halogens is 1. The molecule has 0 radical (unpaired) electrons. The molecule has 112 valence electrons. The summed E-state index contributed by atoms with van der Waals surface area (Å²) in [5, 5.41) is 7.47. The summed E-state index contributed by atoms with van der Waals surface area (Å²) in [6, 6.07) is 6.02. The minimum atomic E-state index is -0.338. The molecule has 0 unspecified atom stereocenters. The Hall–Kier alpha value is -1.82. The Morgan fingerprint density at radius 2 is 2.24 bits per heavy atom. The van der Waals surface area contributed by atoms with Gasteiger partial charge in [0.15, 0.2) is 0 Å². The van der Waals surface area contributed by atoms with Gasteiger partial charge in [0.05, 0.1) is 25.0 Å². The third-order valence-electron chi connectivity index (χ3n) is 3.19. The maximum Gasteiger partial charge on any atom is 0.341 e. The van der Waals surface area contributed by atoms with E-state index in [1.54, 1.807) is 17.8 Å². The second-order valence-corrected chi connectivity index (χ2v) is 5.58. The Labute approximate surface area is 132 Å². The number of anilines is 1. The van der Waals surface area contributed by atoms with E-state index in [9.17, 15) is 4.79 Å². The van der Waals surface area contributed by atoms with Crippen LogP contribution in [0.1, 0.15) is 28.5 Å². The van der Waals surface area contributed by atoms with Gasteiger partial charge in [0.1, 0.15) is 5.56 Å². The van der Waals surface area contributed by atoms with E-state index in [0.717, 1.165) is 21.4 Å². The number of nitrogens with zero attached hydrogens (tertiary/aromatic N) is 2. The number of aryl methyl sites for hydroxylation is 2. The van der Waals surface area contributed by atoms with Gasteiger partial charge in [-0.25, -0.2) is 4.79 Å². The molecule has 0 amide bonds. The molecule has 1 N–H and O–H groups in total. The van der Waals surface area contributed by atoms with E-state index in [0.29, 0.717) is 18.7 Å². The molecule has 1 aromatic carbocycles. The first kappa shape index (κ1) is 15.6. The normalized spacial score (nSPS) is 10.5. The van der Waals surface area contributed by atoms with Crippen molar-refractivity contribution in [2.24, 2.45) is 7.05 Å². The summed E-state index contributed by atoms with van der Waals surface area (Å²) >= 11 is 3.44. The number of ether oxygens (including phenoxy) is 1. The molecule has 0 saturated heterocycles. The van der Waals surface area contributed by atoms with Gasteiger partial charge in [0, 0.05) is 17.2 Å². The van der Waals surface area contributed by atoms with Crippen molar-refractivity contribution in [3.8, 4) is 0 Å². The first-order valence-corrected chi connectivity index (χ1v) is 7.50. The quantitative estimate of drug-likeness (QED) is 0.839. The van der Waals surface area contributed by atoms with E-state index >= 15 is 0 Å². The van der Waals surface area contributed by atoms with Crippen LogP contribution in [-0.4, -0.2) is 22.4 Å². The highest BCUT2D eigenvalue weighted by molar-refractivity contribution is 9.10. The highest BCUT2D eigenvalue weighted by Crippen LogP contribution is 2.21. The summed E-state index contributed by atoms with van der Waals surface area (Å²) in [7, 11) is 1.81. The standard InChI is InChI=1S/C15H18BrN3O2/c1-4-21-15(20)12-8-18-19(3)14(12)9-17-13-6-5-11(16)7-10(13)2/h5-8,17H,4,9H2,1-3H3. The average Bonchev–Trinajstić information content (AvgIpc) is 2.79. The molecule has 0 atom stereocenters. The minimum Gasteiger partial charge on any atom is -0.462 e. The van der Waals surface area contributed by atoms with Gasteiger partial charge >= 0.3 is 5.97 Å². The lowest BCUT2D eigenvalue weighted by atomic mass is 10.2. The monoisotopic (exact) mass is 351 g/mol. The first-order chi connectivity index (χ1) is 10.0. The molecule has 21 heavy (non-hydrogen) atoms. The Balaban J connectivity index is 2.16. The summed E-state index contributed by atoms with van der Waals surface area (Å²) in [6.45, 7) is 4.68. The van der Waals surface area contributed by atoms with Gasteiger partial charge in [-0.2, -0.15) is 5.10 Å². The number of nitrogens with one attached hydrogen (secondary N) is 1. The number of rotatable bonds is 5. The fraction of sp³-hybridized carbons (Fsp3) is 0.333. The summed E-state index contributed by atoms with van der Waals surface area (Å²) in [6.07, 6.45) is 1.55. The fourth-order valence-electron chi connectivity index (χ4n) is 2.06. The van der Waals surface area contributed by atoms with Crippen LogP contribution in [0.25, 0.3) is 0 Å². The van der Waals surface area contributed by atoms with E-state index in [-0.39, 0.29) is 5.97 Å². The topological polar surface area (TPSA) is 56.1 Å². The van der Waals surface area contributed by atoms with E-state index in [4.69, 9.17) is 4.74 Å². The highest BCUT2D eigenvalue weighted by Gasteiger charge is 2.17. The smallest absolute Gasteiger partial charge is 0.341 e. The van der Waals surface area contributed by atoms with E-state index in [2.05, 4.69) is 26.3 Å². The van der Waals surface area contributed by atoms with Gasteiger partial charge in [0.25, 0.3) is 0 Å². The van der Waals surface area contributed by atoms with Crippen LogP contribution in [0.2, 0.25) is 0 Å². The Morgan fingerprint density at radius 1 is 1.48 bits per heavy atom.